The Kier molecular flexibility index (Phi) is 9.11. The number of nitrogens with one attached hydrogen (secondary N) is 1. The van der Waals surface area contributed by atoms with E-state index in [1.807, 2.05) is 30.3 Å². The van der Waals surface area contributed by atoms with Gasteiger partial charge in [0.15, 0.2) is 5.12 Å². The van der Waals surface area contributed by atoms with Crippen LogP contribution in [0.2, 0.25) is 0 Å². The van der Waals surface area contributed by atoms with Crippen LogP contribution >= 0.6 is 11.8 Å². The van der Waals surface area contributed by atoms with Crippen molar-refractivity contribution in [3.8, 4) is 0 Å². The van der Waals surface area contributed by atoms with Crippen molar-refractivity contribution in [3.63, 3.8) is 0 Å². The molecule has 0 aliphatic carbocycles. The summed E-state index contributed by atoms with van der Waals surface area (Å²) in [5.41, 5.74) is 0.914. The van der Waals surface area contributed by atoms with Gasteiger partial charge < -0.3 is 15.3 Å². The minimum Gasteiger partial charge on any atom is -0.480 e. The third-order valence-electron chi connectivity index (χ3n) is 4.98. The smallest absolute Gasteiger partial charge is 0.323 e. The quantitative estimate of drug-likeness (QED) is 0.581. The van der Waals surface area contributed by atoms with E-state index in [9.17, 15) is 24.3 Å². The highest BCUT2D eigenvalue weighted by molar-refractivity contribution is 8.14. The van der Waals surface area contributed by atoms with Crippen molar-refractivity contribution in [2.45, 2.75) is 56.4 Å². The number of hydrogen-bond acceptors (Lipinski definition) is 5. The molecule has 162 valence electrons. The van der Waals surface area contributed by atoms with E-state index in [0.29, 0.717) is 32.1 Å². The lowest BCUT2D eigenvalue weighted by Gasteiger charge is -2.30. The molecule has 0 saturated carbocycles. The molecule has 1 fully saturated rings. The number of carbonyl (C=O) groups excluding carboxylic acids is 3. The Morgan fingerprint density at radius 2 is 2.00 bits per heavy atom. The summed E-state index contributed by atoms with van der Waals surface area (Å²) < 4.78 is 0. The van der Waals surface area contributed by atoms with Crippen molar-refractivity contribution in [2.24, 2.45) is 0 Å². The molecular formula is C22H28N2O5S. The van der Waals surface area contributed by atoms with Crippen LogP contribution in [0.1, 0.15) is 38.2 Å². The van der Waals surface area contributed by atoms with Crippen molar-refractivity contribution in [1.29, 1.82) is 0 Å². The summed E-state index contributed by atoms with van der Waals surface area (Å²) in [6.07, 6.45) is 4.27. The zero-order chi connectivity index (χ0) is 22.1. The molecule has 2 N–H and O–H groups in total. The molecule has 0 unspecified atom stereocenters. The Labute approximate surface area is 180 Å². The summed E-state index contributed by atoms with van der Waals surface area (Å²) in [6, 6.07) is 8.30. The molecular weight excluding hydrogens is 404 g/mol. The van der Waals surface area contributed by atoms with Crippen LogP contribution < -0.4 is 5.32 Å². The molecule has 8 heteroatoms. The van der Waals surface area contributed by atoms with Gasteiger partial charge in [0.05, 0.1) is 5.25 Å². The number of benzene rings is 1. The molecule has 2 amide bonds. The van der Waals surface area contributed by atoms with E-state index in [1.165, 1.54) is 11.8 Å². The number of carboxylic acid groups (broad SMARTS) is 1. The largest absolute Gasteiger partial charge is 0.480 e. The van der Waals surface area contributed by atoms with E-state index in [1.54, 1.807) is 6.08 Å². The average molecular weight is 433 g/mol. The maximum Gasteiger partial charge on any atom is 0.323 e. The minimum absolute atomic E-state index is 0.183. The number of carbonyl (C=O) groups is 4. The molecule has 0 spiro atoms. The van der Waals surface area contributed by atoms with E-state index in [2.05, 4.69) is 11.9 Å². The highest BCUT2D eigenvalue weighted by atomic mass is 32.2. The Balaban J connectivity index is 2.16. The van der Waals surface area contributed by atoms with E-state index in [-0.39, 0.29) is 11.2 Å². The lowest BCUT2D eigenvalue weighted by atomic mass is 10.1. The van der Waals surface area contributed by atoms with E-state index in [0.717, 1.165) is 17.3 Å². The van der Waals surface area contributed by atoms with Gasteiger partial charge in [-0.3, -0.25) is 19.2 Å². The summed E-state index contributed by atoms with van der Waals surface area (Å²) >= 11 is 0.934. The highest BCUT2D eigenvalue weighted by Crippen LogP contribution is 2.23. The van der Waals surface area contributed by atoms with E-state index >= 15 is 0 Å². The zero-order valence-electron chi connectivity index (χ0n) is 17.1. The number of rotatable bonds is 9. The molecule has 0 radical (unpaired) electrons. The van der Waals surface area contributed by atoms with Gasteiger partial charge in [0.25, 0.3) is 0 Å². The first kappa shape index (κ1) is 23.7. The van der Waals surface area contributed by atoms with Crippen molar-refractivity contribution < 1.29 is 24.3 Å². The zero-order valence-corrected chi connectivity index (χ0v) is 17.9. The van der Waals surface area contributed by atoms with Gasteiger partial charge >= 0.3 is 5.97 Å². The second-order valence-electron chi connectivity index (χ2n) is 7.32. The maximum absolute atomic E-state index is 13.0. The summed E-state index contributed by atoms with van der Waals surface area (Å²) in [6.45, 7) is 4.68. The SMILES string of the molecule is C=CC[C@@H]1CCC[C@@H](NC(=O)[C@@H](Cc2ccccc2)SC(C)=O)C(=O)N1CC(=O)O. The predicted octanol–water partition coefficient (Wildman–Crippen LogP) is 2.40. The van der Waals surface area contributed by atoms with Gasteiger partial charge in [0, 0.05) is 13.0 Å². The lowest BCUT2D eigenvalue weighted by molar-refractivity contribution is -0.147. The van der Waals surface area contributed by atoms with Gasteiger partial charge in [0.2, 0.25) is 11.8 Å². The highest BCUT2D eigenvalue weighted by Gasteiger charge is 2.35. The van der Waals surface area contributed by atoms with Crippen LogP contribution in [-0.4, -0.2) is 56.8 Å². The number of nitrogens with zero attached hydrogens (tertiary/aromatic N) is 1. The summed E-state index contributed by atoms with van der Waals surface area (Å²) in [5.74, 6) is -1.89. The van der Waals surface area contributed by atoms with Gasteiger partial charge in [-0.05, 0) is 37.7 Å². The summed E-state index contributed by atoms with van der Waals surface area (Å²) in [7, 11) is 0. The number of carboxylic acids is 1. The van der Waals surface area contributed by atoms with E-state index < -0.39 is 35.6 Å². The maximum atomic E-state index is 13.0. The van der Waals surface area contributed by atoms with Gasteiger partial charge in [-0.15, -0.1) is 6.58 Å². The van der Waals surface area contributed by atoms with Gasteiger partial charge in [-0.25, -0.2) is 0 Å². The predicted molar refractivity (Wildman–Crippen MR) is 116 cm³/mol. The topological polar surface area (TPSA) is 104 Å². The fourth-order valence-corrected chi connectivity index (χ4v) is 4.47. The second-order valence-corrected chi connectivity index (χ2v) is 8.70. The molecule has 3 atom stereocenters. The number of hydrogen-bond donors (Lipinski definition) is 2. The molecule has 1 aromatic rings. The first-order valence-corrected chi connectivity index (χ1v) is 10.8. The first-order valence-electron chi connectivity index (χ1n) is 9.96. The standard InChI is InChI=1S/C22H28N2O5S/c1-3-8-17-11-7-12-18(22(29)24(17)14-20(26)27)23-21(28)19(30-15(2)25)13-16-9-5-4-6-10-16/h3-6,9-10,17-19H,1,7-8,11-14H2,2H3,(H,23,28)(H,26,27)/t17-,18-,19-/m1/s1. The second kappa shape index (κ2) is 11.5. The van der Waals surface area contributed by atoms with Crippen LogP contribution in [0, 0.1) is 0 Å². The van der Waals surface area contributed by atoms with Crippen LogP contribution in [0.5, 0.6) is 0 Å². The van der Waals surface area contributed by atoms with Crippen LogP contribution in [0.3, 0.4) is 0 Å². The van der Waals surface area contributed by atoms with Crippen molar-refractivity contribution in [3.05, 3.63) is 48.6 Å². The van der Waals surface area contributed by atoms with Crippen LogP contribution in [0.4, 0.5) is 0 Å². The molecule has 2 rings (SSSR count). The van der Waals surface area contributed by atoms with Gasteiger partial charge in [-0.2, -0.15) is 0 Å². The number of amides is 2. The molecule has 1 aromatic carbocycles. The fourth-order valence-electron chi connectivity index (χ4n) is 3.62. The fraction of sp³-hybridized carbons (Fsp3) is 0.455. The molecule has 30 heavy (non-hydrogen) atoms. The first-order chi connectivity index (χ1) is 14.3. The normalized spacial score (nSPS) is 20.2. The summed E-state index contributed by atoms with van der Waals surface area (Å²) in [5, 5.41) is 11.2. The summed E-state index contributed by atoms with van der Waals surface area (Å²) in [4.78, 5) is 50.3. The van der Waals surface area contributed by atoms with Crippen LogP contribution in [0.15, 0.2) is 43.0 Å². The van der Waals surface area contributed by atoms with Crippen molar-refractivity contribution >= 4 is 34.7 Å². The number of likely N-dealkylation sites (tertiary alicyclic amines) is 1. The molecule has 1 aliphatic heterocycles. The third-order valence-corrected chi connectivity index (χ3v) is 5.97. The van der Waals surface area contributed by atoms with Gasteiger partial charge in [-0.1, -0.05) is 48.2 Å². The Morgan fingerprint density at radius 3 is 2.60 bits per heavy atom. The molecule has 7 nitrogen and oxygen atoms in total. The van der Waals surface area contributed by atoms with Gasteiger partial charge in [0.1, 0.15) is 12.6 Å². The number of aliphatic carboxylic acids is 1. The van der Waals surface area contributed by atoms with Crippen LogP contribution in [0.25, 0.3) is 0 Å². The van der Waals surface area contributed by atoms with Crippen LogP contribution in [-0.2, 0) is 25.6 Å². The number of thioether (sulfide) groups is 1. The third kappa shape index (κ3) is 7.02. The molecule has 1 aliphatic rings. The molecule has 1 heterocycles. The van der Waals surface area contributed by atoms with Crippen molar-refractivity contribution in [2.75, 3.05) is 6.54 Å². The van der Waals surface area contributed by atoms with E-state index in [4.69, 9.17) is 0 Å². The minimum atomic E-state index is -1.10. The Hall–Kier alpha value is -2.61. The Morgan fingerprint density at radius 1 is 1.30 bits per heavy atom. The van der Waals surface area contributed by atoms with Crippen molar-refractivity contribution in [1.82, 2.24) is 10.2 Å². The lowest BCUT2D eigenvalue weighted by Crippen LogP contribution is -2.53. The average Bonchev–Trinajstić information content (AvgIpc) is 2.82. The monoisotopic (exact) mass is 432 g/mol. The molecule has 0 bridgehead atoms. The molecule has 0 aromatic heterocycles. The Bertz CT molecular complexity index is 783. The molecule has 1 saturated heterocycles.